The first-order valence-electron chi connectivity index (χ1n) is 6.04. The van der Waals surface area contributed by atoms with E-state index in [-0.39, 0.29) is 5.91 Å². The van der Waals surface area contributed by atoms with Crippen LogP contribution in [0.1, 0.15) is 6.92 Å². The third-order valence-electron chi connectivity index (χ3n) is 2.61. The van der Waals surface area contributed by atoms with Crippen molar-refractivity contribution in [2.24, 2.45) is 0 Å². The van der Waals surface area contributed by atoms with Crippen LogP contribution < -0.4 is 10.1 Å². The largest absolute Gasteiger partial charge is 0.480 e. The van der Waals surface area contributed by atoms with E-state index < -0.39 is 6.10 Å². The van der Waals surface area contributed by atoms with E-state index in [9.17, 15) is 4.79 Å². The smallest absolute Gasteiger partial charge is 0.265 e. The van der Waals surface area contributed by atoms with Gasteiger partial charge >= 0.3 is 0 Å². The molecular weight excluding hydrogens is 386 g/mol. The Hall–Kier alpha value is -1.33. The summed E-state index contributed by atoms with van der Waals surface area (Å²) in [7, 11) is 0. The zero-order valence-electron chi connectivity index (χ0n) is 10.8. The van der Waals surface area contributed by atoms with Crippen molar-refractivity contribution < 1.29 is 9.53 Å². The van der Waals surface area contributed by atoms with Gasteiger partial charge in [-0.15, -0.1) is 0 Å². The predicted octanol–water partition coefficient (Wildman–Crippen LogP) is 4.62. The maximum absolute atomic E-state index is 12.0. The van der Waals surface area contributed by atoms with Crippen LogP contribution in [0, 0.1) is 0 Å². The average Bonchev–Trinajstić information content (AvgIpc) is 2.43. The van der Waals surface area contributed by atoms with Gasteiger partial charge in [-0.25, -0.2) is 0 Å². The minimum Gasteiger partial charge on any atom is -0.480 e. The zero-order chi connectivity index (χ0) is 14.5. The summed E-state index contributed by atoms with van der Waals surface area (Å²) in [5.74, 6) is 0.440. The molecule has 0 spiro atoms. The number of hydrogen-bond donors (Lipinski definition) is 1. The molecule has 104 valence electrons. The number of nitrogens with one attached hydrogen (secondary N) is 1. The Morgan fingerprint density at radius 3 is 2.50 bits per heavy atom. The molecule has 0 unspecified atom stereocenters. The normalized spacial score (nSPS) is 11.8. The fraction of sp³-hybridized carbons (Fsp3) is 0.133. The van der Waals surface area contributed by atoms with Gasteiger partial charge in [-0.3, -0.25) is 4.79 Å². The van der Waals surface area contributed by atoms with Crippen LogP contribution >= 0.6 is 31.9 Å². The Morgan fingerprint density at radius 2 is 1.85 bits per heavy atom. The van der Waals surface area contributed by atoms with Gasteiger partial charge in [0.1, 0.15) is 5.75 Å². The average molecular weight is 399 g/mol. The molecule has 1 N–H and O–H groups in total. The molecule has 2 aromatic carbocycles. The number of benzene rings is 2. The van der Waals surface area contributed by atoms with Gasteiger partial charge in [0.15, 0.2) is 6.10 Å². The molecule has 0 heterocycles. The van der Waals surface area contributed by atoms with Crippen LogP contribution in [0.3, 0.4) is 0 Å². The first-order chi connectivity index (χ1) is 9.56. The van der Waals surface area contributed by atoms with Gasteiger partial charge in [-0.2, -0.15) is 0 Å². The van der Waals surface area contributed by atoms with Gasteiger partial charge in [0, 0.05) is 10.2 Å². The Labute approximate surface area is 134 Å². The number of amides is 1. The summed E-state index contributed by atoms with van der Waals surface area (Å²) >= 11 is 6.78. The minimum atomic E-state index is -0.590. The van der Waals surface area contributed by atoms with Crippen LogP contribution in [-0.4, -0.2) is 12.0 Å². The summed E-state index contributed by atoms with van der Waals surface area (Å²) in [6, 6.07) is 14.8. The fourth-order valence-corrected chi connectivity index (χ4v) is 2.72. The molecule has 0 aromatic heterocycles. The molecule has 0 aliphatic rings. The standard InChI is InChI=1S/C15H13Br2NO2/c1-10(15(19)18-12-5-3-2-4-6-12)20-14-8-7-11(16)9-13(14)17/h2-10H,1H3,(H,18,19)/t10-/m0/s1. The van der Waals surface area contributed by atoms with E-state index in [2.05, 4.69) is 37.2 Å². The third-order valence-corrected chi connectivity index (χ3v) is 3.72. The summed E-state index contributed by atoms with van der Waals surface area (Å²) in [5.41, 5.74) is 0.753. The maximum atomic E-state index is 12.0. The van der Waals surface area contributed by atoms with Crippen LogP contribution in [0.15, 0.2) is 57.5 Å². The lowest BCUT2D eigenvalue weighted by atomic mass is 10.3. The first kappa shape index (κ1) is 15.1. The minimum absolute atomic E-state index is 0.189. The molecule has 0 saturated carbocycles. The van der Waals surface area contributed by atoms with Gasteiger partial charge < -0.3 is 10.1 Å². The number of ether oxygens (including phenoxy) is 1. The molecule has 2 aromatic rings. The second-order valence-electron chi connectivity index (χ2n) is 4.19. The molecule has 2 rings (SSSR count). The van der Waals surface area contributed by atoms with Crippen molar-refractivity contribution in [1.82, 2.24) is 0 Å². The highest BCUT2D eigenvalue weighted by Gasteiger charge is 2.16. The summed E-state index contributed by atoms with van der Waals surface area (Å²) in [5, 5.41) is 2.80. The number of anilines is 1. The Kier molecular flexibility index (Phi) is 5.20. The lowest BCUT2D eigenvalue weighted by molar-refractivity contribution is -0.122. The third kappa shape index (κ3) is 4.08. The molecule has 0 radical (unpaired) electrons. The van der Waals surface area contributed by atoms with Crippen LogP contribution in [-0.2, 0) is 4.79 Å². The molecule has 0 aliphatic carbocycles. The number of hydrogen-bond acceptors (Lipinski definition) is 2. The van der Waals surface area contributed by atoms with Gasteiger partial charge in [-0.05, 0) is 53.2 Å². The number of halogens is 2. The van der Waals surface area contributed by atoms with Gasteiger partial charge in [0.2, 0.25) is 0 Å². The van der Waals surface area contributed by atoms with Gasteiger partial charge in [0.05, 0.1) is 4.47 Å². The Balaban J connectivity index is 2.00. The predicted molar refractivity (Wildman–Crippen MR) is 87.0 cm³/mol. The van der Waals surface area contributed by atoms with Gasteiger partial charge in [-0.1, -0.05) is 34.1 Å². The summed E-state index contributed by atoms with van der Waals surface area (Å²) in [6.07, 6.45) is -0.590. The van der Waals surface area contributed by atoms with Crippen LogP contribution in [0.2, 0.25) is 0 Å². The van der Waals surface area contributed by atoms with Gasteiger partial charge in [0.25, 0.3) is 5.91 Å². The molecule has 0 bridgehead atoms. The van der Waals surface area contributed by atoms with E-state index in [1.54, 1.807) is 13.0 Å². The number of rotatable bonds is 4. The maximum Gasteiger partial charge on any atom is 0.265 e. The van der Waals surface area contributed by atoms with E-state index in [4.69, 9.17) is 4.74 Å². The quantitative estimate of drug-likeness (QED) is 0.815. The lowest BCUT2D eigenvalue weighted by Crippen LogP contribution is -2.30. The highest BCUT2D eigenvalue weighted by molar-refractivity contribution is 9.11. The van der Waals surface area contributed by atoms with Crippen molar-refractivity contribution >= 4 is 43.5 Å². The summed E-state index contributed by atoms with van der Waals surface area (Å²) in [4.78, 5) is 12.0. The van der Waals surface area contributed by atoms with E-state index in [1.807, 2.05) is 42.5 Å². The fourth-order valence-electron chi connectivity index (χ4n) is 1.58. The van der Waals surface area contributed by atoms with Crippen LogP contribution in [0.5, 0.6) is 5.75 Å². The van der Waals surface area contributed by atoms with E-state index in [1.165, 1.54) is 0 Å². The van der Waals surface area contributed by atoms with Crippen LogP contribution in [0.4, 0.5) is 5.69 Å². The zero-order valence-corrected chi connectivity index (χ0v) is 13.9. The molecule has 0 aliphatic heterocycles. The molecular formula is C15H13Br2NO2. The van der Waals surface area contributed by atoms with Crippen molar-refractivity contribution in [2.75, 3.05) is 5.32 Å². The highest BCUT2D eigenvalue weighted by atomic mass is 79.9. The summed E-state index contributed by atoms with van der Waals surface area (Å²) < 4.78 is 7.39. The van der Waals surface area contributed by atoms with E-state index >= 15 is 0 Å². The Bertz CT molecular complexity index is 602. The van der Waals surface area contributed by atoms with Crippen molar-refractivity contribution in [3.63, 3.8) is 0 Å². The molecule has 1 atom stereocenters. The monoisotopic (exact) mass is 397 g/mol. The second-order valence-corrected chi connectivity index (χ2v) is 5.96. The first-order valence-corrected chi connectivity index (χ1v) is 7.62. The van der Waals surface area contributed by atoms with Crippen molar-refractivity contribution in [3.8, 4) is 5.75 Å². The van der Waals surface area contributed by atoms with Crippen molar-refractivity contribution in [1.29, 1.82) is 0 Å². The molecule has 0 saturated heterocycles. The SMILES string of the molecule is C[C@H](Oc1ccc(Br)cc1Br)C(=O)Nc1ccccc1. The molecule has 1 amide bonds. The molecule has 3 nitrogen and oxygen atoms in total. The lowest BCUT2D eigenvalue weighted by Gasteiger charge is -2.15. The number of carbonyl (C=O) groups is 1. The molecule has 0 fully saturated rings. The van der Waals surface area contributed by atoms with E-state index in [0.29, 0.717) is 5.75 Å². The molecule has 20 heavy (non-hydrogen) atoms. The Morgan fingerprint density at radius 1 is 1.15 bits per heavy atom. The van der Waals surface area contributed by atoms with Crippen LogP contribution in [0.25, 0.3) is 0 Å². The van der Waals surface area contributed by atoms with Crippen molar-refractivity contribution in [3.05, 3.63) is 57.5 Å². The number of para-hydroxylation sites is 1. The second kappa shape index (κ2) is 6.90. The highest BCUT2D eigenvalue weighted by Crippen LogP contribution is 2.29. The molecule has 5 heteroatoms. The van der Waals surface area contributed by atoms with E-state index in [0.717, 1.165) is 14.6 Å². The summed E-state index contributed by atoms with van der Waals surface area (Å²) in [6.45, 7) is 1.72. The van der Waals surface area contributed by atoms with Crippen molar-refractivity contribution in [2.45, 2.75) is 13.0 Å². The number of carbonyl (C=O) groups excluding carboxylic acids is 1. The topological polar surface area (TPSA) is 38.3 Å².